The Morgan fingerprint density at radius 3 is 0.671 bits per heavy atom. The van der Waals surface area contributed by atoms with Gasteiger partial charge in [-0.1, -0.05) is 155 Å². The van der Waals surface area contributed by atoms with Crippen molar-refractivity contribution in [3.05, 3.63) is 168 Å². The van der Waals surface area contributed by atoms with E-state index in [1.54, 1.807) is 48.5 Å². The first-order chi connectivity index (χ1) is 33.1. The summed E-state index contributed by atoms with van der Waals surface area (Å²) in [5, 5.41) is 11.1. The Bertz CT molecular complexity index is 2040. The average molecular weight is 1130 g/mol. The van der Waals surface area contributed by atoms with Gasteiger partial charge in [-0.3, -0.25) is 0 Å². The van der Waals surface area contributed by atoms with Crippen molar-refractivity contribution in [1.82, 2.24) is 0 Å². The first-order valence-electron chi connectivity index (χ1n) is 26.7. The molecule has 0 atom stereocenters. The molecule has 0 aliphatic carbocycles. The first-order valence-corrected chi connectivity index (χ1v) is 29.1. The monoisotopic (exact) mass is 1130 g/mol. The van der Waals surface area contributed by atoms with Gasteiger partial charge in [0.1, 0.15) is 0 Å². The Morgan fingerprint density at radius 1 is 0.314 bits per heavy atom. The van der Waals surface area contributed by atoms with Crippen molar-refractivity contribution in [3.63, 3.8) is 0 Å². The van der Waals surface area contributed by atoms with Crippen LogP contribution in [0.3, 0.4) is 0 Å². The van der Waals surface area contributed by atoms with E-state index in [4.69, 9.17) is 0 Å². The van der Waals surface area contributed by atoms with E-state index in [2.05, 4.69) is 201 Å². The maximum atomic E-state index is 2.33. The summed E-state index contributed by atoms with van der Waals surface area (Å²) in [7, 11) is 0. The maximum absolute atomic E-state index is 2.33. The quantitative estimate of drug-likeness (QED) is 0.0527. The largest absolute Gasteiger partial charge is 1.00 e. The second kappa shape index (κ2) is 40.8. The van der Waals surface area contributed by atoms with Crippen molar-refractivity contribution in [2.24, 2.45) is 0 Å². The molecular formula is C66H88Cl2Zr2-2. The minimum absolute atomic E-state index is 0. The molecule has 376 valence electrons. The number of hydrogen-bond donors (Lipinski definition) is 0. The second-order valence-corrected chi connectivity index (χ2v) is 24.1. The Kier molecular flexibility index (Phi) is 38.2. The summed E-state index contributed by atoms with van der Waals surface area (Å²) >= 11 is 3.11. The number of fused-ring (bicyclic) bond motifs is 4. The average Bonchev–Trinajstić information content (AvgIpc) is 4.14. The van der Waals surface area contributed by atoms with E-state index < -0.39 is 0 Å². The van der Waals surface area contributed by atoms with Crippen molar-refractivity contribution in [1.29, 1.82) is 0 Å². The standard InChI is InChI=1S/4C15H19.2C3H6.2ClH.2Zr/c4*1-2-3-4-5-8-13-11-14-9-6-7-10-15(14)12-13;2*1-3-2;;;;/h4*6-7,9-12H,2-5,8H2,1H3;2*1-2H3;2*1H;;/q4*-1;;;;;2*+2/p-2. The summed E-state index contributed by atoms with van der Waals surface area (Å²) in [6.07, 6.45) is 26.6. The summed E-state index contributed by atoms with van der Waals surface area (Å²) in [4.78, 5) is 0. The first kappa shape index (κ1) is 65.4. The number of unbranched alkanes of at least 4 members (excludes halogenated alkanes) is 12. The molecule has 0 bridgehead atoms. The zero-order valence-electron chi connectivity index (χ0n) is 44.8. The van der Waals surface area contributed by atoms with Crippen LogP contribution in [0.5, 0.6) is 0 Å². The van der Waals surface area contributed by atoms with Gasteiger partial charge < -0.3 is 24.8 Å². The smallest absolute Gasteiger partial charge is 1.00 e. The topological polar surface area (TPSA) is 0 Å². The maximum Gasteiger partial charge on any atom is -1.00 e. The predicted octanol–water partition coefficient (Wildman–Crippen LogP) is 14.2. The van der Waals surface area contributed by atoms with Crippen molar-refractivity contribution in [3.8, 4) is 0 Å². The van der Waals surface area contributed by atoms with Crippen molar-refractivity contribution in [2.45, 2.75) is 184 Å². The molecule has 0 aliphatic rings. The van der Waals surface area contributed by atoms with Crippen LogP contribution in [0.15, 0.2) is 146 Å². The van der Waals surface area contributed by atoms with Gasteiger partial charge in [0.05, 0.1) is 0 Å². The minimum Gasteiger partial charge on any atom is -1.00 e. The molecule has 0 amide bonds. The van der Waals surface area contributed by atoms with Gasteiger partial charge in [0.2, 0.25) is 0 Å². The molecule has 0 saturated heterocycles. The second-order valence-electron chi connectivity index (χ2n) is 19.2. The van der Waals surface area contributed by atoms with Crippen LogP contribution in [0.4, 0.5) is 0 Å². The number of halogens is 2. The van der Waals surface area contributed by atoms with E-state index in [9.17, 15) is 0 Å². The fourth-order valence-corrected chi connectivity index (χ4v) is 8.46. The number of rotatable bonds is 20. The van der Waals surface area contributed by atoms with Crippen LogP contribution < -0.4 is 24.8 Å². The molecule has 4 heteroatoms. The van der Waals surface area contributed by atoms with Crippen LogP contribution in [0.25, 0.3) is 43.1 Å². The summed E-state index contributed by atoms with van der Waals surface area (Å²) < 4.78 is 3.01. The Hall–Kier alpha value is -2.59. The SMILES string of the molecule is CCCCCCc1cc2ccccc2[cH-]1.CCCCCCc1cc2ccccc2[cH-]1.CCCCCCc1cc2ccccc2[cH-]1.CCCCCCc1cc2ccccc2[cH-]1.C[C](C)=[Zr+2].C[C](C)=[Zr+2].[Cl-].[Cl-]. The molecular weight excluding hydrogens is 1050 g/mol. The number of hydrogen-bond acceptors (Lipinski definition) is 0. The molecule has 0 unspecified atom stereocenters. The van der Waals surface area contributed by atoms with Gasteiger partial charge in [-0.15, -0.1) is 162 Å². The fourth-order valence-electron chi connectivity index (χ4n) is 8.46. The zero-order chi connectivity index (χ0) is 49.2. The van der Waals surface area contributed by atoms with Gasteiger partial charge in [0.25, 0.3) is 0 Å². The van der Waals surface area contributed by atoms with Gasteiger partial charge in [-0.25, -0.2) is 0 Å². The van der Waals surface area contributed by atoms with Crippen LogP contribution in [-0.2, 0) is 74.2 Å². The van der Waals surface area contributed by atoms with Gasteiger partial charge in [-0.05, 0) is 25.7 Å². The van der Waals surface area contributed by atoms with Crippen LogP contribution >= 0.6 is 0 Å². The third-order valence-corrected chi connectivity index (χ3v) is 12.0. The fraction of sp³-hybridized carbons (Fsp3) is 0.424. The minimum atomic E-state index is 0. The van der Waals surface area contributed by atoms with E-state index in [0.29, 0.717) is 0 Å². The van der Waals surface area contributed by atoms with Crippen molar-refractivity contribution in [2.75, 3.05) is 0 Å². The van der Waals surface area contributed by atoms with Gasteiger partial charge in [-0.2, -0.15) is 24.3 Å². The molecule has 0 spiro atoms. The van der Waals surface area contributed by atoms with Crippen LogP contribution in [0, 0.1) is 0 Å². The third kappa shape index (κ3) is 28.6. The molecule has 8 aromatic carbocycles. The molecule has 0 nitrogen and oxygen atoms in total. The number of benzene rings is 4. The molecule has 0 aromatic heterocycles. The van der Waals surface area contributed by atoms with Crippen LogP contribution in [0.2, 0.25) is 0 Å². The molecule has 0 fully saturated rings. The zero-order valence-corrected chi connectivity index (χ0v) is 51.2. The van der Waals surface area contributed by atoms with E-state index in [0.717, 1.165) is 0 Å². The Balaban J connectivity index is 0.000000439. The summed E-state index contributed by atoms with van der Waals surface area (Å²) in [6, 6.07) is 53.2. The third-order valence-electron chi connectivity index (χ3n) is 12.0. The normalized spacial score (nSPS) is 10.2. The van der Waals surface area contributed by atoms with E-state index >= 15 is 0 Å². The molecule has 8 rings (SSSR count). The van der Waals surface area contributed by atoms with Gasteiger partial charge in [0.15, 0.2) is 0 Å². The Morgan fingerprint density at radius 2 is 0.500 bits per heavy atom. The molecule has 8 aromatic rings. The van der Waals surface area contributed by atoms with Crippen LogP contribution in [0.1, 0.15) is 180 Å². The number of aryl methyl sites for hydroxylation is 4. The molecule has 0 radical (unpaired) electrons. The van der Waals surface area contributed by atoms with E-state index in [1.165, 1.54) is 200 Å². The molecule has 0 saturated carbocycles. The van der Waals surface area contributed by atoms with E-state index in [-0.39, 0.29) is 24.8 Å². The summed E-state index contributed by atoms with van der Waals surface area (Å²) in [5.74, 6) is 0. The van der Waals surface area contributed by atoms with E-state index in [1.807, 2.05) is 0 Å². The van der Waals surface area contributed by atoms with Crippen molar-refractivity contribution < 1.29 is 73.3 Å². The van der Waals surface area contributed by atoms with Crippen molar-refractivity contribution >= 4 is 49.5 Å². The van der Waals surface area contributed by atoms with Crippen LogP contribution in [-0.4, -0.2) is 6.41 Å². The summed E-state index contributed by atoms with van der Waals surface area (Å²) in [5.41, 5.74) is 6.03. The predicted molar refractivity (Wildman–Crippen MR) is 302 cm³/mol. The molecule has 0 aliphatic heterocycles. The Labute approximate surface area is 470 Å². The molecule has 0 heterocycles. The molecule has 70 heavy (non-hydrogen) atoms. The summed E-state index contributed by atoms with van der Waals surface area (Å²) in [6.45, 7) is 17.5. The van der Waals surface area contributed by atoms with Gasteiger partial charge in [0, 0.05) is 0 Å². The molecule has 0 N–H and O–H groups in total. The van der Waals surface area contributed by atoms with Gasteiger partial charge >= 0.3 is 82.6 Å².